The number of ether oxygens (including phenoxy) is 2. The normalized spacial score (nSPS) is 10.6. The monoisotopic (exact) mass is 356 g/mol. The van der Waals surface area contributed by atoms with E-state index >= 15 is 0 Å². The molecule has 0 bridgehead atoms. The molecule has 1 heterocycles. The van der Waals surface area contributed by atoms with E-state index in [1.54, 1.807) is 0 Å². The number of benzene rings is 2. The largest absolute Gasteiger partial charge is 0.493 e. The zero-order valence-corrected chi connectivity index (χ0v) is 15.1. The smallest absolute Gasteiger partial charge is 0.276 e. The van der Waals surface area contributed by atoms with Crippen molar-refractivity contribution in [3.63, 3.8) is 0 Å². The fourth-order valence-electron chi connectivity index (χ4n) is 2.30. The average molecular weight is 356 g/mol. The molecule has 0 aliphatic rings. The highest BCUT2D eigenvalue weighted by atomic mass is 32.2. The standard InChI is InChI=1S/C19H20N2O3S/c1-3-22-17-10-5-4-9-16(17)18-20-21-19(24-18)25-12-11-23-15-8-6-7-14(2)13-15/h4-10,13H,3,11-12H2,1-2H3. The van der Waals surface area contributed by atoms with Gasteiger partial charge in [-0.1, -0.05) is 36.0 Å². The molecule has 0 aliphatic heterocycles. The van der Waals surface area contributed by atoms with Crippen molar-refractivity contribution in [1.29, 1.82) is 0 Å². The van der Waals surface area contributed by atoms with Crippen LogP contribution in [0.25, 0.3) is 11.5 Å². The Bertz CT molecular complexity index is 820. The van der Waals surface area contributed by atoms with Crippen molar-refractivity contribution in [2.75, 3.05) is 19.0 Å². The van der Waals surface area contributed by atoms with E-state index in [0.29, 0.717) is 24.3 Å². The molecule has 5 nitrogen and oxygen atoms in total. The van der Waals surface area contributed by atoms with Crippen LogP contribution in [-0.2, 0) is 0 Å². The summed E-state index contributed by atoms with van der Waals surface area (Å²) in [5.41, 5.74) is 1.99. The third kappa shape index (κ3) is 4.76. The lowest BCUT2D eigenvalue weighted by Crippen LogP contribution is -2.00. The van der Waals surface area contributed by atoms with E-state index in [1.807, 2.05) is 62.4 Å². The van der Waals surface area contributed by atoms with Crippen LogP contribution in [0.5, 0.6) is 11.5 Å². The molecule has 0 atom stereocenters. The fourth-order valence-corrected chi connectivity index (χ4v) is 2.87. The van der Waals surface area contributed by atoms with Crippen LogP contribution in [0.3, 0.4) is 0 Å². The summed E-state index contributed by atoms with van der Waals surface area (Å²) in [7, 11) is 0. The fraction of sp³-hybridized carbons (Fsp3) is 0.263. The molecular weight excluding hydrogens is 336 g/mol. The molecule has 25 heavy (non-hydrogen) atoms. The number of aromatic nitrogens is 2. The number of nitrogens with zero attached hydrogens (tertiary/aromatic N) is 2. The second-order valence-corrected chi connectivity index (χ2v) is 6.36. The molecule has 3 rings (SSSR count). The Labute approximate surface area is 151 Å². The first kappa shape index (κ1) is 17.4. The van der Waals surface area contributed by atoms with Crippen molar-refractivity contribution in [1.82, 2.24) is 10.2 Å². The molecule has 0 fully saturated rings. The molecule has 0 saturated heterocycles. The van der Waals surface area contributed by atoms with Crippen LogP contribution in [0.4, 0.5) is 0 Å². The first-order chi connectivity index (χ1) is 12.3. The van der Waals surface area contributed by atoms with E-state index in [-0.39, 0.29) is 0 Å². The molecule has 130 valence electrons. The van der Waals surface area contributed by atoms with E-state index in [9.17, 15) is 0 Å². The van der Waals surface area contributed by atoms with Crippen LogP contribution in [0.1, 0.15) is 12.5 Å². The maximum absolute atomic E-state index is 5.73. The lowest BCUT2D eigenvalue weighted by molar-refractivity contribution is 0.339. The lowest BCUT2D eigenvalue weighted by atomic mass is 10.2. The second-order valence-electron chi connectivity index (χ2n) is 5.32. The Morgan fingerprint density at radius 3 is 2.76 bits per heavy atom. The molecule has 0 amide bonds. The Kier molecular flexibility index (Phi) is 5.95. The maximum atomic E-state index is 5.73. The highest BCUT2D eigenvalue weighted by Crippen LogP contribution is 2.30. The molecule has 6 heteroatoms. The van der Waals surface area contributed by atoms with Crippen LogP contribution in [0.2, 0.25) is 0 Å². The molecule has 2 aromatic carbocycles. The first-order valence-electron chi connectivity index (χ1n) is 8.14. The van der Waals surface area contributed by atoms with Crippen LogP contribution in [0.15, 0.2) is 58.2 Å². The van der Waals surface area contributed by atoms with Crippen LogP contribution in [0, 0.1) is 6.92 Å². The minimum Gasteiger partial charge on any atom is -0.493 e. The topological polar surface area (TPSA) is 57.4 Å². The van der Waals surface area contributed by atoms with Crippen LogP contribution < -0.4 is 9.47 Å². The van der Waals surface area contributed by atoms with Gasteiger partial charge in [0, 0.05) is 5.75 Å². The van der Waals surface area contributed by atoms with Crippen molar-refractivity contribution < 1.29 is 13.9 Å². The van der Waals surface area contributed by atoms with E-state index in [2.05, 4.69) is 10.2 Å². The SMILES string of the molecule is CCOc1ccccc1-c1nnc(SCCOc2cccc(C)c2)o1. The van der Waals surface area contributed by atoms with Gasteiger partial charge in [-0.3, -0.25) is 0 Å². The summed E-state index contributed by atoms with van der Waals surface area (Å²) in [6, 6.07) is 15.6. The molecule has 0 saturated carbocycles. The van der Waals surface area contributed by atoms with Gasteiger partial charge in [0.15, 0.2) is 0 Å². The number of hydrogen-bond donors (Lipinski definition) is 0. The summed E-state index contributed by atoms with van der Waals surface area (Å²) in [4.78, 5) is 0. The predicted octanol–water partition coefficient (Wildman–Crippen LogP) is 4.61. The van der Waals surface area contributed by atoms with E-state index < -0.39 is 0 Å². The van der Waals surface area contributed by atoms with Gasteiger partial charge in [-0.25, -0.2) is 0 Å². The summed E-state index contributed by atoms with van der Waals surface area (Å²) in [5.74, 6) is 2.81. The molecular formula is C19H20N2O3S. The molecule has 1 aromatic heterocycles. The predicted molar refractivity (Wildman–Crippen MR) is 98.3 cm³/mol. The van der Waals surface area contributed by atoms with Crippen molar-refractivity contribution in [2.24, 2.45) is 0 Å². The first-order valence-corrected chi connectivity index (χ1v) is 9.13. The summed E-state index contributed by atoms with van der Waals surface area (Å²) in [5, 5.41) is 8.73. The van der Waals surface area contributed by atoms with Gasteiger partial charge in [0.05, 0.1) is 18.8 Å². The number of thioether (sulfide) groups is 1. The average Bonchev–Trinajstić information content (AvgIpc) is 3.08. The minimum absolute atomic E-state index is 0.464. The van der Waals surface area contributed by atoms with Gasteiger partial charge >= 0.3 is 0 Å². The van der Waals surface area contributed by atoms with E-state index in [4.69, 9.17) is 13.9 Å². The van der Waals surface area contributed by atoms with Crippen molar-refractivity contribution in [3.05, 3.63) is 54.1 Å². The molecule has 0 aliphatic carbocycles. The zero-order valence-electron chi connectivity index (χ0n) is 14.3. The van der Waals surface area contributed by atoms with Gasteiger partial charge in [-0.15, -0.1) is 10.2 Å². The maximum Gasteiger partial charge on any atom is 0.276 e. The molecule has 0 radical (unpaired) electrons. The summed E-state index contributed by atoms with van der Waals surface area (Å²) in [6.07, 6.45) is 0. The third-order valence-electron chi connectivity index (χ3n) is 3.39. The summed E-state index contributed by atoms with van der Waals surface area (Å²) in [6.45, 7) is 5.15. The summed E-state index contributed by atoms with van der Waals surface area (Å²) >= 11 is 1.47. The number of hydrogen-bond acceptors (Lipinski definition) is 6. The van der Waals surface area contributed by atoms with Crippen molar-refractivity contribution in [2.45, 2.75) is 19.1 Å². The Balaban J connectivity index is 1.55. The van der Waals surface area contributed by atoms with E-state index in [0.717, 1.165) is 22.8 Å². The number of aryl methyl sites for hydroxylation is 1. The highest BCUT2D eigenvalue weighted by Gasteiger charge is 2.13. The van der Waals surface area contributed by atoms with Gasteiger partial charge in [0.1, 0.15) is 11.5 Å². The van der Waals surface area contributed by atoms with Crippen molar-refractivity contribution >= 4 is 11.8 Å². The van der Waals surface area contributed by atoms with Gasteiger partial charge in [0.25, 0.3) is 11.1 Å². The highest BCUT2D eigenvalue weighted by molar-refractivity contribution is 7.99. The Morgan fingerprint density at radius 1 is 1.04 bits per heavy atom. The van der Waals surface area contributed by atoms with Crippen molar-refractivity contribution in [3.8, 4) is 23.0 Å². The lowest BCUT2D eigenvalue weighted by Gasteiger charge is -2.06. The van der Waals surface area contributed by atoms with Gasteiger partial charge in [-0.05, 0) is 43.7 Å². The van der Waals surface area contributed by atoms with Gasteiger partial charge in [0.2, 0.25) is 0 Å². The number of rotatable bonds is 8. The molecule has 0 spiro atoms. The third-order valence-corrected chi connectivity index (χ3v) is 4.17. The molecule has 3 aromatic rings. The van der Waals surface area contributed by atoms with Crippen LogP contribution in [-0.4, -0.2) is 29.2 Å². The zero-order chi connectivity index (χ0) is 17.5. The quantitative estimate of drug-likeness (QED) is 0.434. The molecule has 0 unspecified atom stereocenters. The van der Waals surface area contributed by atoms with Crippen LogP contribution >= 0.6 is 11.8 Å². The Hall–Kier alpha value is -2.47. The van der Waals surface area contributed by atoms with E-state index in [1.165, 1.54) is 17.3 Å². The summed E-state index contributed by atoms with van der Waals surface area (Å²) < 4.78 is 17.1. The van der Waals surface area contributed by atoms with Gasteiger partial charge in [-0.2, -0.15) is 0 Å². The minimum atomic E-state index is 0.464. The second kappa shape index (κ2) is 8.58. The number of para-hydroxylation sites is 1. The Morgan fingerprint density at radius 2 is 1.92 bits per heavy atom. The molecule has 0 N–H and O–H groups in total. The van der Waals surface area contributed by atoms with Gasteiger partial charge < -0.3 is 13.9 Å².